The highest BCUT2D eigenvalue weighted by atomic mass is 35.5. The first kappa shape index (κ1) is 19.3. The van der Waals surface area contributed by atoms with Crippen molar-refractivity contribution in [1.29, 1.82) is 0 Å². The fraction of sp³-hybridized carbons (Fsp3) is 0.167. The van der Waals surface area contributed by atoms with Gasteiger partial charge in [-0.05, 0) is 43.3 Å². The monoisotopic (exact) mass is 376 g/mol. The van der Waals surface area contributed by atoms with E-state index in [4.69, 9.17) is 26.8 Å². The molecule has 0 radical (unpaired) electrons. The van der Waals surface area contributed by atoms with Gasteiger partial charge in [-0.25, -0.2) is 4.79 Å². The lowest BCUT2D eigenvalue weighted by molar-refractivity contribution is -0.155. The van der Waals surface area contributed by atoms with Crippen molar-refractivity contribution < 1.29 is 23.9 Å². The third-order valence-electron chi connectivity index (χ3n) is 3.30. The largest absolute Gasteiger partial charge is 0.480 e. The number of carbonyl (C=O) groups excluding carboxylic acids is 3. The maximum Gasteiger partial charge on any atom is 0.344 e. The zero-order chi connectivity index (χ0) is 19.1. The fourth-order valence-corrected chi connectivity index (χ4v) is 2.14. The minimum absolute atomic E-state index is 0.319. The first-order valence-corrected chi connectivity index (χ1v) is 8.02. The van der Waals surface area contributed by atoms with Gasteiger partial charge in [0.05, 0.1) is 5.02 Å². The molecule has 0 aliphatic heterocycles. The van der Waals surface area contributed by atoms with Crippen LogP contribution in [-0.4, -0.2) is 30.5 Å². The third kappa shape index (κ3) is 5.49. The van der Waals surface area contributed by atoms with Crippen LogP contribution >= 0.6 is 11.6 Å². The summed E-state index contributed by atoms with van der Waals surface area (Å²) in [6.45, 7) is 1.05. The van der Waals surface area contributed by atoms with E-state index in [-0.39, 0.29) is 6.61 Å². The molecule has 8 heteroatoms. The Morgan fingerprint density at radius 1 is 1.12 bits per heavy atom. The van der Waals surface area contributed by atoms with Crippen LogP contribution in [-0.2, 0) is 14.3 Å². The summed E-state index contributed by atoms with van der Waals surface area (Å²) in [7, 11) is 0. The van der Waals surface area contributed by atoms with Crippen LogP contribution in [0.5, 0.6) is 5.75 Å². The summed E-state index contributed by atoms with van der Waals surface area (Å²) in [6.07, 6.45) is -1.03. The van der Waals surface area contributed by atoms with Gasteiger partial charge in [0.1, 0.15) is 5.75 Å². The predicted octanol–water partition coefficient (Wildman–Crippen LogP) is 2.39. The Morgan fingerprint density at radius 2 is 1.77 bits per heavy atom. The van der Waals surface area contributed by atoms with Crippen LogP contribution in [0.15, 0.2) is 48.5 Å². The van der Waals surface area contributed by atoms with Gasteiger partial charge in [0.25, 0.3) is 5.91 Å². The Kier molecular flexibility index (Phi) is 6.57. The molecule has 2 amide bonds. The molecule has 0 saturated heterocycles. The molecule has 0 heterocycles. The normalized spacial score (nSPS) is 11.3. The minimum Gasteiger partial charge on any atom is -0.480 e. The molecule has 136 valence electrons. The summed E-state index contributed by atoms with van der Waals surface area (Å²) in [5, 5.41) is 2.93. The van der Waals surface area contributed by atoms with E-state index in [1.807, 2.05) is 0 Å². The van der Waals surface area contributed by atoms with Crippen molar-refractivity contribution in [3.8, 4) is 5.75 Å². The number of anilines is 1. The molecule has 26 heavy (non-hydrogen) atoms. The molecule has 1 atom stereocenters. The highest BCUT2D eigenvalue weighted by Gasteiger charge is 2.18. The van der Waals surface area contributed by atoms with Crippen LogP contribution in [0.25, 0.3) is 0 Å². The van der Waals surface area contributed by atoms with Crippen LogP contribution in [0.1, 0.15) is 17.3 Å². The predicted molar refractivity (Wildman–Crippen MR) is 96.1 cm³/mol. The maximum absolute atomic E-state index is 12.1. The number of nitrogens with two attached hydrogens (primary N) is 1. The molecule has 2 aromatic rings. The van der Waals surface area contributed by atoms with Gasteiger partial charge in [0, 0.05) is 11.3 Å². The fourth-order valence-electron chi connectivity index (χ4n) is 1.94. The highest BCUT2D eigenvalue weighted by molar-refractivity contribution is 6.32. The van der Waals surface area contributed by atoms with Gasteiger partial charge in [-0.2, -0.15) is 0 Å². The molecule has 0 spiro atoms. The van der Waals surface area contributed by atoms with E-state index in [0.717, 1.165) is 0 Å². The number of para-hydroxylation sites is 1. The molecule has 0 bridgehead atoms. The van der Waals surface area contributed by atoms with Crippen molar-refractivity contribution in [2.75, 3.05) is 11.9 Å². The SMILES string of the molecule is C[C@H](OC(=O)COc1ccccc1Cl)C(=O)Nc1ccc(C(N)=O)cc1. The molecule has 0 aliphatic rings. The van der Waals surface area contributed by atoms with Crippen LogP contribution in [0, 0.1) is 0 Å². The van der Waals surface area contributed by atoms with Crippen molar-refractivity contribution >= 4 is 35.1 Å². The molecule has 0 fully saturated rings. The second-order valence-electron chi connectivity index (χ2n) is 5.28. The van der Waals surface area contributed by atoms with Crippen molar-refractivity contribution in [1.82, 2.24) is 0 Å². The van der Waals surface area contributed by atoms with Gasteiger partial charge in [-0.1, -0.05) is 23.7 Å². The molecule has 3 N–H and O–H groups in total. The maximum atomic E-state index is 12.1. The highest BCUT2D eigenvalue weighted by Crippen LogP contribution is 2.22. The van der Waals surface area contributed by atoms with Crippen LogP contribution in [0.3, 0.4) is 0 Å². The Morgan fingerprint density at radius 3 is 2.38 bits per heavy atom. The molecular formula is C18H17ClN2O5. The summed E-state index contributed by atoms with van der Waals surface area (Å²) < 4.78 is 10.3. The Bertz CT molecular complexity index is 807. The summed E-state index contributed by atoms with van der Waals surface area (Å²) >= 11 is 5.91. The second kappa shape index (κ2) is 8.87. The Labute approximate surface area is 155 Å². The van der Waals surface area contributed by atoms with Gasteiger partial charge in [-0.15, -0.1) is 0 Å². The number of nitrogens with one attached hydrogen (secondary N) is 1. The van der Waals surface area contributed by atoms with Crippen LogP contribution < -0.4 is 15.8 Å². The first-order chi connectivity index (χ1) is 12.4. The summed E-state index contributed by atoms with van der Waals surface area (Å²) in [5.41, 5.74) is 5.90. The van der Waals surface area contributed by atoms with Gasteiger partial charge in [0.2, 0.25) is 5.91 Å². The summed E-state index contributed by atoms with van der Waals surface area (Å²) in [4.78, 5) is 34.9. The number of rotatable bonds is 7. The average molecular weight is 377 g/mol. The number of primary amides is 1. The average Bonchev–Trinajstić information content (AvgIpc) is 2.61. The number of carbonyl (C=O) groups is 3. The Hall–Kier alpha value is -3.06. The number of halogens is 1. The van der Waals surface area contributed by atoms with Crippen LogP contribution in [0.2, 0.25) is 5.02 Å². The van der Waals surface area contributed by atoms with Gasteiger partial charge < -0.3 is 20.5 Å². The van der Waals surface area contributed by atoms with Crippen LogP contribution in [0.4, 0.5) is 5.69 Å². The smallest absolute Gasteiger partial charge is 0.344 e. The van der Waals surface area contributed by atoms with E-state index >= 15 is 0 Å². The molecule has 0 aliphatic carbocycles. The lowest BCUT2D eigenvalue weighted by Crippen LogP contribution is -2.31. The van der Waals surface area contributed by atoms with E-state index in [2.05, 4.69) is 5.32 Å². The third-order valence-corrected chi connectivity index (χ3v) is 3.61. The lowest BCUT2D eigenvalue weighted by atomic mass is 10.2. The molecule has 0 unspecified atom stereocenters. The zero-order valence-corrected chi connectivity index (χ0v) is 14.7. The standard InChI is InChI=1S/C18H17ClN2O5/c1-11(18(24)21-13-8-6-12(7-9-13)17(20)23)26-16(22)10-25-15-5-3-2-4-14(15)19/h2-9,11H,10H2,1H3,(H2,20,23)(H,21,24)/t11-/m0/s1. The molecule has 7 nitrogen and oxygen atoms in total. The van der Waals surface area contributed by atoms with Gasteiger partial charge >= 0.3 is 5.97 Å². The number of ether oxygens (including phenoxy) is 2. The number of hydrogen-bond donors (Lipinski definition) is 2. The topological polar surface area (TPSA) is 108 Å². The minimum atomic E-state index is -1.03. The second-order valence-corrected chi connectivity index (χ2v) is 5.69. The van der Waals surface area contributed by atoms with Crippen molar-refractivity contribution in [2.45, 2.75) is 13.0 Å². The number of amides is 2. The zero-order valence-electron chi connectivity index (χ0n) is 13.9. The molecule has 2 aromatic carbocycles. The lowest BCUT2D eigenvalue weighted by Gasteiger charge is -2.14. The Balaban J connectivity index is 1.83. The van der Waals surface area contributed by atoms with Crippen molar-refractivity contribution in [3.05, 3.63) is 59.1 Å². The van der Waals surface area contributed by atoms with E-state index < -0.39 is 23.9 Å². The molecular weight excluding hydrogens is 360 g/mol. The van der Waals surface area contributed by atoms with Gasteiger partial charge in [-0.3, -0.25) is 9.59 Å². The molecule has 0 aromatic heterocycles. The van der Waals surface area contributed by atoms with E-state index in [9.17, 15) is 14.4 Å². The van der Waals surface area contributed by atoms with E-state index in [1.54, 1.807) is 24.3 Å². The summed E-state index contributed by atoms with van der Waals surface area (Å²) in [5.74, 6) is -1.46. The molecule has 2 rings (SSSR count). The summed E-state index contributed by atoms with van der Waals surface area (Å²) in [6, 6.07) is 12.7. The van der Waals surface area contributed by atoms with E-state index in [1.165, 1.54) is 31.2 Å². The quantitative estimate of drug-likeness (QED) is 0.721. The number of esters is 1. The van der Waals surface area contributed by atoms with Gasteiger partial charge in [0.15, 0.2) is 12.7 Å². The molecule has 0 saturated carbocycles. The van der Waals surface area contributed by atoms with Crippen molar-refractivity contribution in [2.24, 2.45) is 5.73 Å². The number of hydrogen-bond acceptors (Lipinski definition) is 5. The van der Waals surface area contributed by atoms with Crippen molar-refractivity contribution in [3.63, 3.8) is 0 Å². The first-order valence-electron chi connectivity index (χ1n) is 7.64. The number of benzene rings is 2. The van der Waals surface area contributed by atoms with E-state index in [0.29, 0.717) is 22.0 Å².